The first-order chi connectivity index (χ1) is 10.1. The second-order valence-electron chi connectivity index (χ2n) is 6.22. The summed E-state index contributed by atoms with van der Waals surface area (Å²) in [6.45, 7) is 5.03. The van der Waals surface area contributed by atoms with Crippen molar-refractivity contribution in [2.24, 2.45) is 0 Å². The van der Waals surface area contributed by atoms with E-state index in [2.05, 4.69) is 48.8 Å². The highest BCUT2D eigenvalue weighted by Crippen LogP contribution is 2.46. The number of hydrogen-bond donors (Lipinski definition) is 2. The first kappa shape index (κ1) is 14.1. The third kappa shape index (κ3) is 2.23. The van der Waals surface area contributed by atoms with E-state index in [0.29, 0.717) is 0 Å². The number of anilines is 1. The predicted molar refractivity (Wildman–Crippen MR) is 83.4 cm³/mol. The van der Waals surface area contributed by atoms with Crippen LogP contribution in [0.3, 0.4) is 0 Å². The molecule has 0 bridgehead atoms. The van der Waals surface area contributed by atoms with Gasteiger partial charge in [0.05, 0.1) is 7.11 Å². The van der Waals surface area contributed by atoms with Crippen LogP contribution >= 0.6 is 0 Å². The van der Waals surface area contributed by atoms with Gasteiger partial charge in [0.2, 0.25) is 0 Å². The Labute approximate surface area is 125 Å². The number of rotatable bonds is 2. The topological polar surface area (TPSA) is 50.4 Å². The fourth-order valence-corrected chi connectivity index (χ4v) is 3.64. The second-order valence-corrected chi connectivity index (χ2v) is 6.22. The van der Waals surface area contributed by atoms with Crippen LogP contribution < -0.4 is 10.6 Å². The molecule has 1 spiro atoms. The minimum atomic E-state index is -0.247. The Bertz CT molecular complexity index is 592. The molecule has 0 aliphatic carbocycles. The minimum Gasteiger partial charge on any atom is -0.468 e. The summed E-state index contributed by atoms with van der Waals surface area (Å²) in [4.78, 5) is 12.0. The molecule has 3 atom stereocenters. The maximum absolute atomic E-state index is 12.0. The molecule has 1 aromatic rings. The number of esters is 1. The van der Waals surface area contributed by atoms with Crippen molar-refractivity contribution in [2.75, 3.05) is 19.0 Å². The Morgan fingerprint density at radius 1 is 1.38 bits per heavy atom. The molecule has 2 N–H and O–H groups in total. The molecule has 0 radical (unpaired) electrons. The molecule has 0 unspecified atom stereocenters. The summed E-state index contributed by atoms with van der Waals surface area (Å²) in [5, 5.41) is 6.95. The maximum atomic E-state index is 12.0. The highest BCUT2D eigenvalue weighted by Gasteiger charge is 2.52. The number of allylic oxidation sites excluding steroid dienone is 1. The van der Waals surface area contributed by atoms with Crippen molar-refractivity contribution in [2.45, 2.75) is 37.8 Å². The summed E-state index contributed by atoms with van der Waals surface area (Å²) in [5.41, 5.74) is 3.65. The van der Waals surface area contributed by atoms with E-state index >= 15 is 0 Å². The number of nitrogens with one attached hydrogen (secondary N) is 2. The molecule has 3 rings (SSSR count). The highest BCUT2D eigenvalue weighted by atomic mass is 16.5. The van der Waals surface area contributed by atoms with Crippen LogP contribution in [0.4, 0.5) is 5.69 Å². The SMILES string of the molecule is COC(=O)[C@@H]1C[C@@]2(CNc3ccccc32)[C@H](C=C(C)C)N1. The van der Waals surface area contributed by atoms with E-state index in [1.54, 1.807) is 0 Å². The molecule has 21 heavy (non-hydrogen) atoms. The van der Waals surface area contributed by atoms with E-state index in [1.807, 2.05) is 6.07 Å². The molecule has 0 aromatic heterocycles. The van der Waals surface area contributed by atoms with Gasteiger partial charge >= 0.3 is 5.97 Å². The summed E-state index contributed by atoms with van der Waals surface area (Å²) < 4.78 is 4.94. The summed E-state index contributed by atoms with van der Waals surface area (Å²) >= 11 is 0. The van der Waals surface area contributed by atoms with Crippen LogP contribution in [0, 0.1) is 0 Å². The lowest BCUT2D eigenvalue weighted by atomic mass is 9.74. The minimum absolute atomic E-state index is 0.0767. The molecule has 2 aliphatic rings. The number of benzene rings is 1. The number of fused-ring (bicyclic) bond motifs is 2. The van der Waals surface area contributed by atoms with Gasteiger partial charge in [-0.25, -0.2) is 0 Å². The highest BCUT2D eigenvalue weighted by molar-refractivity contribution is 5.77. The Kier molecular flexibility index (Phi) is 3.49. The molecule has 1 fully saturated rings. The lowest BCUT2D eigenvalue weighted by molar-refractivity contribution is -0.142. The maximum Gasteiger partial charge on any atom is 0.322 e. The van der Waals surface area contributed by atoms with Crippen molar-refractivity contribution < 1.29 is 9.53 Å². The van der Waals surface area contributed by atoms with Crippen molar-refractivity contribution in [1.29, 1.82) is 0 Å². The van der Waals surface area contributed by atoms with E-state index in [-0.39, 0.29) is 23.5 Å². The van der Waals surface area contributed by atoms with Crippen LogP contribution in [0.2, 0.25) is 0 Å². The van der Waals surface area contributed by atoms with Gasteiger partial charge < -0.3 is 10.1 Å². The zero-order valence-electron chi connectivity index (χ0n) is 12.8. The van der Waals surface area contributed by atoms with Crippen LogP contribution in [0.5, 0.6) is 0 Å². The van der Waals surface area contributed by atoms with Crippen molar-refractivity contribution in [3.63, 3.8) is 0 Å². The summed E-state index contributed by atoms with van der Waals surface area (Å²) in [5.74, 6) is -0.177. The van der Waals surface area contributed by atoms with Crippen LogP contribution in [-0.4, -0.2) is 31.7 Å². The van der Waals surface area contributed by atoms with Crippen LogP contribution in [0.25, 0.3) is 0 Å². The van der Waals surface area contributed by atoms with Crippen LogP contribution in [-0.2, 0) is 14.9 Å². The van der Waals surface area contributed by atoms with Crippen molar-refractivity contribution >= 4 is 11.7 Å². The molecule has 0 saturated carbocycles. The number of carbonyl (C=O) groups excluding carboxylic acids is 1. The van der Waals surface area contributed by atoms with Gasteiger partial charge in [-0.2, -0.15) is 0 Å². The lowest BCUT2D eigenvalue weighted by Gasteiger charge is -2.29. The van der Waals surface area contributed by atoms with Gasteiger partial charge in [-0.3, -0.25) is 10.1 Å². The van der Waals surface area contributed by atoms with Gasteiger partial charge in [0.1, 0.15) is 6.04 Å². The third-order valence-electron chi connectivity index (χ3n) is 4.59. The van der Waals surface area contributed by atoms with E-state index in [0.717, 1.165) is 13.0 Å². The number of para-hydroxylation sites is 1. The van der Waals surface area contributed by atoms with Crippen molar-refractivity contribution in [1.82, 2.24) is 5.32 Å². The van der Waals surface area contributed by atoms with Crippen LogP contribution in [0.15, 0.2) is 35.9 Å². The smallest absolute Gasteiger partial charge is 0.322 e. The van der Waals surface area contributed by atoms with Crippen LogP contribution in [0.1, 0.15) is 25.8 Å². The van der Waals surface area contributed by atoms with E-state index in [4.69, 9.17) is 4.74 Å². The molecule has 2 aliphatic heterocycles. The summed E-state index contributed by atoms with van der Waals surface area (Å²) in [6.07, 6.45) is 2.99. The standard InChI is InChI=1S/C17H22N2O2/c1-11(2)8-15-17(9-14(19-15)16(20)21-3)10-18-13-7-5-4-6-12(13)17/h4-8,14-15,18-19H,9-10H2,1-3H3/t14-,15-,17-/m0/s1. The quantitative estimate of drug-likeness (QED) is 0.646. The average Bonchev–Trinajstić information content (AvgIpc) is 3.02. The molecule has 112 valence electrons. The molecule has 4 heteroatoms. The van der Waals surface area contributed by atoms with Gasteiger partial charge in [0.15, 0.2) is 0 Å². The fourth-order valence-electron chi connectivity index (χ4n) is 3.64. The van der Waals surface area contributed by atoms with Gasteiger partial charge in [0.25, 0.3) is 0 Å². The largest absolute Gasteiger partial charge is 0.468 e. The lowest BCUT2D eigenvalue weighted by Crippen LogP contribution is -2.41. The average molecular weight is 286 g/mol. The van der Waals surface area contributed by atoms with Gasteiger partial charge in [-0.15, -0.1) is 0 Å². The predicted octanol–water partition coefficient (Wildman–Crippen LogP) is 2.22. The van der Waals surface area contributed by atoms with Gasteiger partial charge in [-0.1, -0.05) is 29.8 Å². The monoisotopic (exact) mass is 286 g/mol. The number of carbonyl (C=O) groups is 1. The number of ether oxygens (including phenoxy) is 1. The summed E-state index contributed by atoms with van der Waals surface area (Å²) in [6, 6.07) is 8.28. The number of hydrogen-bond acceptors (Lipinski definition) is 4. The van der Waals surface area contributed by atoms with Gasteiger partial charge in [0, 0.05) is 23.7 Å². The summed E-state index contributed by atoms with van der Waals surface area (Å²) in [7, 11) is 1.45. The molecule has 0 amide bonds. The Morgan fingerprint density at radius 2 is 2.14 bits per heavy atom. The third-order valence-corrected chi connectivity index (χ3v) is 4.59. The first-order valence-corrected chi connectivity index (χ1v) is 7.39. The Morgan fingerprint density at radius 3 is 2.86 bits per heavy atom. The molecule has 1 aromatic carbocycles. The van der Waals surface area contributed by atoms with Crippen molar-refractivity contribution in [3.8, 4) is 0 Å². The Balaban J connectivity index is 2.03. The second kappa shape index (κ2) is 5.19. The first-order valence-electron chi connectivity index (χ1n) is 7.39. The zero-order chi connectivity index (χ0) is 15.0. The van der Waals surface area contributed by atoms with Crippen molar-refractivity contribution in [3.05, 3.63) is 41.5 Å². The molecule has 1 saturated heterocycles. The van der Waals surface area contributed by atoms with E-state index < -0.39 is 0 Å². The zero-order valence-corrected chi connectivity index (χ0v) is 12.8. The molecular weight excluding hydrogens is 264 g/mol. The molecule has 2 heterocycles. The Hall–Kier alpha value is -1.81. The van der Waals surface area contributed by atoms with E-state index in [1.165, 1.54) is 23.9 Å². The fraction of sp³-hybridized carbons (Fsp3) is 0.471. The normalized spacial score (nSPS) is 29.9. The van der Waals surface area contributed by atoms with Gasteiger partial charge in [-0.05, 0) is 31.9 Å². The molecular formula is C17H22N2O2. The van der Waals surface area contributed by atoms with E-state index in [9.17, 15) is 4.79 Å². The molecule has 4 nitrogen and oxygen atoms in total. The number of methoxy groups -OCH3 is 1.